The molecule has 0 unspecified atom stereocenters. The van der Waals surface area contributed by atoms with Gasteiger partial charge in [0.1, 0.15) is 23.8 Å². The molecule has 0 aliphatic carbocycles. The molecule has 8 nitrogen and oxygen atoms in total. The first-order valence-electron chi connectivity index (χ1n) is 12.2. The maximum Gasteiger partial charge on any atom is 0.196 e. The highest BCUT2D eigenvalue weighted by Crippen LogP contribution is 2.32. The second kappa shape index (κ2) is 10.2. The number of aromatic nitrogens is 5. The van der Waals surface area contributed by atoms with Crippen molar-refractivity contribution < 1.29 is 11.6 Å². The van der Waals surface area contributed by atoms with Gasteiger partial charge in [0, 0.05) is 68.4 Å². The summed E-state index contributed by atoms with van der Waals surface area (Å²) in [4.78, 5) is 18.8. The van der Waals surface area contributed by atoms with Crippen LogP contribution in [-0.2, 0) is 0 Å². The summed E-state index contributed by atoms with van der Waals surface area (Å²) in [6.45, 7) is 10.1. The molecule has 1 aromatic carbocycles. The normalized spacial score (nSPS) is 14.9. The van der Waals surface area contributed by atoms with Crippen molar-refractivity contribution in [3.05, 3.63) is 53.6 Å². The molecule has 0 bridgehead atoms. The Morgan fingerprint density at radius 1 is 1.03 bits per heavy atom. The number of nitrogens with zero attached hydrogens (tertiary/aromatic N) is 6. The highest BCUT2D eigenvalue weighted by atomic mass is 32.2. The maximum atomic E-state index is 14.9. The van der Waals surface area contributed by atoms with Gasteiger partial charge in [0.05, 0.1) is 0 Å². The zero-order chi connectivity index (χ0) is 26.2. The van der Waals surface area contributed by atoms with Crippen molar-refractivity contribution in [2.75, 3.05) is 43.1 Å². The quantitative estimate of drug-likeness (QED) is 0.293. The second-order valence-corrected chi connectivity index (χ2v) is 10.9. The zero-order valence-electron chi connectivity index (χ0n) is 21.3. The van der Waals surface area contributed by atoms with E-state index in [1.165, 1.54) is 17.8 Å². The highest BCUT2D eigenvalue weighted by Gasteiger charge is 2.30. The van der Waals surface area contributed by atoms with Gasteiger partial charge in [0.2, 0.25) is 0 Å². The van der Waals surface area contributed by atoms with E-state index in [0.717, 1.165) is 35.7 Å². The molecule has 4 aromatic rings. The fourth-order valence-corrected chi connectivity index (χ4v) is 5.19. The summed E-state index contributed by atoms with van der Waals surface area (Å²) in [7, 11) is 0. The molecule has 1 saturated heterocycles. The van der Waals surface area contributed by atoms with E-state index >= 15 is 0 Å². The summed E-state index contributed by atoms with van der Waals surface area (Å²) < 4.78 is 28.4. The van der Waals surface area contributed by atoms with Gasteiger partial charge in [-0.05, 0) is 57.7 Å². The molecule has 0 spiro atoms. The van der Waals surface area contributed by atoms with Gasteiger partial charge in [0.15, 0.2) is 16.8 Å². The van der Waals surface area contributed by atoms with Gasteiger partial charge in [-0.25, -0.2) is 18.7 Å². The average molecular weight is 529 g/mol. The number of pyridine rings is 1. The van der Waals surface area contributed by atoms with Crippen molar-refractivity contribution >= 4 is 40.1 Å². The average Bonchev–Trinajstić information content (AvgIpc) is 3.28. The van der Waals surface area contributed by atoms with E-state index in [0.29, 0.717) is 40.3 Å². The predicted octanol–water partition coefficient (Wildman–Crippen LogP) is 5.76. The standard InChI is InChI=1S/C26H30F2N8S.2H2/c1-16-5-6-18-12-19(13-20(28)24(18)29-16)37-25-31-21(30-22-11-17(2)33-34-22)14-23(32-25)35-7-9-36(10-8-35)26(3,4)15-27;;/h5-6,11-14H,7-10,15H2,1-4H3,(H2,30,31,32,33,34);2*1H. The number of alkyl halides is 1. The van der Waals surface area contributed by atoms with E-state index in [1.54, 1.807) is 0 Å². The Morgan fingerprint density at radius 3 is 2.51 bits per heavy atom. The Hall–Kier alpha value is -3.31. The molecular weight excluding hydrogens is 494 g/mol. The number of aryl methyl sites for hydroxylation is 2. The van der Waals surface area contributed by atoms with Crippen LogP contribution in [0.4, 0.5) is 26.2 Å². The fourth-order valence-electron chi connectivity index (χ4n) is 4.35. The molecule has 4 heterocycles. The monoisotopic (exact) mass is 528 g/mol. The van der Waals surface area contributed by atoms with Crippen LogP contribution < -0.4 is 10.2 Å². The summed E-state index contributed by atoms with van der Waals surface area (Å²) >= 11 is 1.29. The SMILES string of the molecule is Cc1ccc2cc(Sc3nc(Nc4cc(C)[nH]n4)cc(N4CCN(C(C)(C)CF)CC4)n3)cc(F)c2n1.[HH].[HH]. The number of rotatable bonds is 7. The Balaban J connectivity index is 0.00000210. The fraction of sp³-hybridized carbons (Fsp3) is 0.385. The van der Waals surface area contributed by atoms with Crippen LogP contribution in [0.2, 0.25) is 0 Å². The first-order valence-corrected chi connectivity index (χ1v) is 13.0. The predicted molar refractivity (Wildman–Crippen MR) is 147 cm³/mol. The molecule has 2 N–H and O–H groups in total. The lowest BCUT2D eigenvalue weighted by atomic mass is 10.0. The number of hydrogen-bond donors (Lipinski definition) is 2. The lowest BCUT2D eigenvalue weighted by Crippen LogP contribution is -2.55. The van der Waals surface area contributed by atoms with Gasteiger partial charge >= 0.3 is 0 Å². The van der Waals surface area contributed by atoms with Crippen molar-refractivity contribution in [1.82, 2.24) is 30.0 Å². The van der Waals surface area contributed by atoms with Gasteiger partial charge < -0.3 is 10.2 Å². The third kappa shape index (κ3) is 5.67. The minimum Gasteiger partial charge on any atom is -0.354 e. The van der Waals surface area contributed by atoms with Crippen molar-refractivity contribution in [2.24, 2.45) is 0 Å². The highest BCUT2D eigenvalue weighted by molar-refractivity contribution is 7.99. The molecule has 0 saturated carbocycles. The number of benzene rings is 1. The smallest absolute Gasteiger partial charge is 0.196 e. The van der Waals surface area contributed by atoms with E-state index in [9.17, 15) is 8.78 Å². The van der Waals surface area contributed by atoms with Crippen molar-refractivity contribution in [3.63, 3.8) is 0 Å². The first kappa shape index (κ1) is 25.3. The molecule has 0 atom stereocenters. The van der Waals surface area contributed by atoms with Crippen LogP contribution in [0.1, 0.15) is 28.1 Å². The molecular formula is C26H34F2N8S. The van der Waals surface area contributed by atoms with E-state index in [1.807, 2.05) is 58.0 Å². The van der Waals surface area contributed by atoms with Gasteiger partial charge in [-0.3, -0.25) is 15.0 Å². The number of nitrogens with one attached hydrogen (secondary N) is 2. The molecule has 11 heteroatoms. The van der Waals surface area contributed by atoms with Crippen LogP contribution in [-0.4, -0.2) is 68.4 Å². The number of aromatic amines is 1. The van der Waals surface area contributed by atoms with Gasteiger partial charge in [0.25, 0.3) is 0 Å². The Morgan fingerprint density at radius 2 is 1.81 bits per heavy atom. The molecule has 0 radical (unpaired) electrons. The first-order chi connectivity index (χ1) is 17.7. The number of piperazine rings is 1. The van der Waals surface area contributed by atoms with Gasteiger partial charge in [-0.2, -0.15) is 5.10 Å². The Kier molecular flexibility index (Phi) is 7.00. The van der Waals surface area contributed by atoms with E-state index in [-0.39, 0.29) is 8.67 Å². The summed E-state index contributed by atoms with van der Waals surface area (Å²) in [5, 5.41) is 11.6. The lowest BCUT2D eigenvalue weighted by molar-refractivity contribution is 0.0859. The Labute approximate surface area is 221 Å². The third-order valence-corrected chi connectivity index (χ3v) is 7.35. The number of hydrogen-bond acceptors (Lipinski definition) is 8. The molecule has 37 heavy (non-hydrogen) atoms. The van der Waals surface area contributed by atoms with Crippen LogP contribution in [0.3, 0.4) is 0 Å². The molecule has 1 aliphatic rings. The molecule has 5 rings (SSSR count). The van der Waals surface area contributed by atoms with Gasteiger partial charge in [-0.15, -0.1) is 0 Å². The van der Waals surface area contributed by atoms with Crippen LogP contribution >= 0.6 is 11.8 Å². The minimum atomic E-state index is -0.489. The second-order valence-electron chi connectivity index (χ2n) is 9.91. The van der Waals surface area contributed by atoms with Crippen LogP contribution in [0, 0.1) is 19.7 Å². The minimum absolute atomic E-state index is 0. The largest absolute Gasteiger partial charge is 0.354 e. The Bertz CT molecular complexity index is 1430. The lowest BCUT2D eigenvalue weighted by Gasteiger charge is -2.43. The zero-order valence-corrected chi connectivity index (χ0v) is 22.2. The van der Waals surface area contributed by atoms with Crippen LogP contribution in [0.5, 0.6) is 0 Å². The van der Waals surface area contributed by atoms with Gasteiger partial charge in [-0.1, -0.05) is 6.07 Å². The van der Waals surface area contributed by atoms with Crippen LogP contribution in [0.15, 0.2) is 46.5 Å². The summed E-state index contributed by atoms with van der Waals surface area (Å²) in [5.74, 6) is 1.61. The summed E-state index contributed by atoms with van der Waals surface area (Å²) in [6.07, 6.45) is 0. The number of fused-ring (bicyclic) bond motifs is 1. The number of H-pyrrole nitrogens is 1. The van der Waals surface area contributed by atoms with Crippen molar-refractivity contribution in [1.29, 1.82) is 0 Å². The molecule has 1 fully saturated rings. The van der Waals surface area contributed by atoms with Crippen LogP contribution in [0.25, 0.3) is 10.9 Å². The van der Waals surface area contributed by atoms with Crippen molar-refractivity contribution in [2.45, 2.75) is 43.3 Å². The topological polar surface area (TPSA) is 85.9 Å². The molecule has 0 amide bonds. The molecule has 198 valence electrons. The molecule has 3 aromatic heterocycles. The van der Waals surface area contributed by atoms with E-state index in [4.69, 9.17) is 4.98 Å². The third-order valence-electron chi connectivity index (χ3n) is 6.51. The van der Waals surface area contributed by atoms with Crippen molar-refractivity contribution in [3.8, 4) is 0 Å². The molecule has 1 aliphatic heterocycles. The number of halogens is 2. The van der Waals surface area contributed by atoms with E-state index < -0.39 is 12.2 Å². The van der Waals surface area contributed by atoms with E-state index in [2.05, 4.69) is 35.3 Å². The summed E-state index contributed by atoms with van der Waals surface area (Å²) in [5.41, 5.74) is 1.55. The summed E-state index contributed by atoms with van der Waals surface area (Å²) in [6, 6.07) is 10.9. The number of anilines is 3. The maximum absolute atomic E-state index is 14.9.